The van der Waals surface area contributed by atoms with Gasteiger partial charge in [0.05, 0.1) is 27.7 Å². The molecule has 0 radical (unpaired) electrons. The third-order valence-corrected chi connectivity index (χ3v) is 5.10. The molecule has 3 aromatic rings. The van der Waals surface area contributed by atoms with Gasteiger partial charge in [-0.15, -0.1) is 0 Å². The van der Waals surface area contributed by atoms with E-state index < -0.39 is 15.9 Å². The molecule has 0 spiro atoms. The minimum Gasteiger partial charge on any atom is -0.322 e. The van der Waals surface area contributed by atoms with Crippen molar-refractivity contribution in [3.8, 4) is 0 Å². The molecule has 0 saturated carbocycles. The number of hydrogen-bond acceptors (Lipinski definition) is 5. The third-order valence-electron chi connectivity index (χ3n) is 3.52. The quantitative estimate of drug-likeness (QED) is 0.728. The lowest BCUT2D eigenvalue weighted by Crippen LogP contribution is -2.17. The van der Waals surface area contributed by atoms with Gasteiger partial charge in [0.15, 0.2) is 0 Å². The van der Waals surface area contributed by atoms with Crippen molar-refractivity contribution < 1.29 is 13.2 Å². The van der Waals surface area contributed by atoms with Crippen LogP contribution >= 0.6 is 11.3 Å². The first-order valence-corrected chi connectivity index (χ1v) is 9.93. The van der Waals surface area contributed by atoms with Crippen LogP contribution in [0.1, 0.15) is 10.4 Å². The highest BCUT2D eigenvalue weighted by Gasteiger charge is 2.14. The van der Waals surface area contributed by atoms with Gasteiger partial charge in [-0.2, -0.15) is 0 Å². The summed E-state index contributed by atoms with van der Waals surface area (Å²) in [4.78, 5) is 24.1. The van der Waals surface area contributed by atoms with E-state index in [1.807, 2.05) is 0 Å². The Kier molecular flexibility index (Phi) is 4.36. The van der Waals surface area contributed by atoms with E-state index in [0.29, 0.717) is 5.69 Å². The summed E-state index contributed by atoms with van der Waals surface area (Å²) in [5.41, 5.74) is 1.71. The largest absolute Gasteiger partial charge is 0.322 e. The number of fused-ring (bicyclic) bond motifs is 1. The molecule has 25 heavy (non-hydrogen) atoms. The minimum atomic E-state index is -3.50. The molecule has 0 saturated heterocycles. The summed E-state index contributed by atoms with van der Waals surface area (Å²) in [6, 6.07) is 11.5. The van der Waals surface area contributed by atoms with Gasteiger partial charge < -0.3 is 9.88 Å². The number of aromatic nitrogens is 1. The maximum atomic E-state index is 12.5. The van der Waals surface area contributed by atoms with Crippen LogP contribution in [0, 0.1) is 0 Å². The summed E-state index contributed by atoms with van der Waals surface area (Å²) in [6.07, 6.45) is 1.02. The van der Waals surface area contributed by atoms with Crippen molar-refractivity contribution in [3.63, 3.8) is 0 Å². The van der Waals surface area contributed by atoms with E-state index >= 15 is 0 Å². The second kappa shape index (κ2) is 6.34. The molecule has 0 atom stereocenters. The van der Waals surface area contributed by atoms with Crippen LogP contribution in [0.4, 0.5) is 11.4 Å². The Hall–Kier alpha value is -2.65. The van der Waals surface area contributed by atoms with E-state index in [1.165, 1.54) is 16.7 Å². The number of anilines is 2. The molecule has 0 aliphatic carbocycles. The average molecular weight is 377 g/mol. The van der Waals surface area contributed by atoms with Crippen molar-refractivity contribution in [1.82, 2.24) is 4.57 Å². The lowest BCUT2D eigenvalue weighted by atomic mass is 10.1. The first kappa shape index (κ1) is 17.2. The summed E-state index contributed by atoms with van der Waals surface area (Å²) in [5, 5.41) is 2.73. The second-order valence-electron chi connectivity index (χ2n) is 5.48. The van der Waals surface area contributed by atoms with Crippen molar-refractivity contribution >= 4 is 48.9 Å². The molecule has 1 heterocycles. The molecule has 1 aromatic heterocycles. The third kappa shape index (κ3) is 3.72. The second-order valence-corrected chi connectivity index (χ2v) is 8.23. The molecule has 2 aromatic carbocycles. The molecule has 2 N–H and O–H groups in total. The Labute approximate surface area is 148 Å². The van der Waals surface area contributed by atoms with E-state index in [4.69, 9.17) is 0 Å². The zero-order valence-corrected chi connectivity index (χ0v) is 15.1. The number of aryl methyl sites for hydroxylation is 1. The number of rotatable bonds is 4. The SMILES string of the molecule is Cn1c(=O)sc2cc(NC(=O)c3ccccc3NS(C)(=O)=O)ccc21. The molecule has 0 aliphatic rings. The van der Waals surface area contributed by atoms with Gasteiger partial charge in [-0.25, -0.2) is 8.42 Å². The van der Waals surface area contributed by atoms with E-state index in [0.717, 1.165) is 27.8 Å². The number of amides is 1. The summed E-state index contributed by atoms with van der Waals surface area (Å²) >= 11 is 1.09. The molecule has 0 fully saturated rings. The molecule has 0 aliphatic heterocycles. The zero-order chi connectivity index (χ0) is 18.2. The predicted octanol–water partition coefficient (Wildman–Crippen LogP) is 2.22. The highest BCUT2D eigenvalue weighted by Crippen LogP contribution is 2.23. The standard InChI is InChI=1S/C16H15N3O4S2/c1-19-13-8-7-10(9-14(13)24-16(19)21)17-15(20)11-5-3-4-6-12(11)18-25(2,22)23/h3-9,18H,1-2H3,(H,17,20). The molecule has 9 heteroatoms. The van der Waals surface area contributed by atoms with Crippen molar-refractivity contribution in [2.45, 2.75) is 0 Å². The number of benzene rings is 2. The molecule has 0 unspecified atom stereocenters. The Morgan fingerprint density at radius 3 is 2.60 bits per heavy atom. The molecule has 1 amide bonds. The molecular formula is C16H15N3O4S2. The van der Waals surface area contributed by atoms with Gasteiger partial charge >= 0.3 is 4.87 Å². The van der Waals surface area contributed by atoms with Crippen LogP contribution in [0.15, 0.2) is 47.3 Å². The van der Waals surface area contributed by atoms with Gasteiger partial charge in [-0.1, -0.05) is 23.5 Å². The van der Waals surface area contributed by atoms with E-state index in [-0.39, 0.29) is 16.1 Å². The smallest absolute Gasteiger partial charge is 0.307 e. The molecule has 0 bridgehead atoms. The van der Waals surface area contributed by atoms with Crippen molar-refractivity contribution in [2.24, 2.45) is 7.05 Å². The van der Waals surface area contributed by atoms with Crippen molar-refractivity contribution in [2.75, 3.05) is 16.3 Å². The minimum absolute atomic E-state index is 0.0822. The van der Waals surface area contributed by atoms with Gasteiger partial charge in [0, 0.05) is 12.7 Å². The van der Waals surface area contributed by atoms with Crippen LogP contribution < -0.4 is 14.9 Å². The molecule has 130 valence electrons. The van der Waals surface area contributed by atoms with Gasteiger partial charge in [0.25, 0.3) is 5.91 Å². The van der Waals surface area contributed by atoms with Crippen LogP contribution in [-0.2, 0) is 17.1 Å². The fourth-order valence-corrected chi connectivity index (χ4v) is 3.88. The van der Waals surface area contributed by atoms with E-state index in [2.05, 4.69) is 10.0 Å². The predicted molar refractivity (Wildman–Crippen MR) is 99.9 cm³/mol. The van der Waals surface area contributed by atoms with Gasteiger partial charge in [-0.05, 0) is 30.3 Å². The van der Waals surface area contributed by atoms with Crippen molar-refractivity contribution in [1.29, 1.82) is 0 Å². The first-order valence-electron chi connectivity index (χ1n) is 7.22. The molecular weight excluding hydrogens is 362 g/mol. The Morgan fingerprint density at radius 2 is 1.88 bits per heavy atom. The Bertz CT molecular complexity index is 1130. The number of sulfonamides is 1. The van der Waals surface area contributed by atoms with Gasteiger partial charge in [0.2, 0.25) is 10.0 Å². The summed E-state index contributed by atoms with van der Waals surface area (Å²) in [7, 11) is -1.82. The summed E-state index contributed by atoms with van der Waals surface area (Å²) < 4.78 is 27.5. The van der Waals surface area contributed by atoms with E-state index in [1.54, 1.807) is 37.4 Å². The van der Waals surface area contributed by atoms with Crippen LogP contribution in [0.2, 0.25) is 0 Å². The monoisotopic (exact) mass is 377 g/mol. The number of nitrogens with zero attached hydrogens (tertiary/aromatic N) is 1. The molecule has 3 rings (SSSR count). The number of carbonyl (C=O) groups excluding carboxylic acids is 1. The number of hydrogen-bond donors (Lipinski definition) is 2. The van der Waals surface area contributed by atoms with Gasteiger partial charge in [0.1, 0.15) is 0 Å². The van der Waals surface area contributed by atoms with Crippen LogP contribution in [0.3, 0.4) is 0 Å². The number of para-hydroxylation sites is 1. The fraction of sp³-hybridized carbons (Fsp3) is 0.125. The highest BCUT2D eigenvalue weighted by molar-refractivity contribution is 7.92. The number of thiazole rings is 1. The zero-order valence-electron chi connectivity index (χ0n) is 13.4. The summed E-state index contributed by atoms with van der Waals surface area (Å²) in [6.45, 7) is 0. The fourth-order valence-electron chi connectivity index (χ4n) is 2.38. The normalized spacial score (nSPS) is 11.4. The van der Waals surface area contributed by atoms with Crippen LogP contribution in [0.5, 0.6) is 0 Å². The van der Waals surface area contributed by atoms with Crippen LogP contribution in [-0.4, -0.2) is 25.1 Å². The topological polar surface area (TPSA) is 97.3 Å². The molecule has 7 nitrogen and oxygen atoms in total. The van der Waals surface area contributed by atoms with E-state index in [9.17, 15) is 18.0 Å². The number of carbonyl (C=O) groups is 1. The maximum Gasteiger partial charge on any atom is 0.307 e. The first-order chi connectivity index (χ1) is 11.7. The summed E-state index contributed by atoms with van der Waals surface area (Å²) in [5.74, 6) is -0.450. The van der Waals surface area contributed by atoms with Crippen LogP contribution in [0.25, 0.3) is 10.2 Å². The number of nitrogens with one attached hydrogen (secondary N) is 2. The maximum absolute atomic E-state index is 12.5. The lowest BCUT2D eigenvalue weighted by Gasteiger charge is -2.11. The average Bonchev–Trinajstić information content (AvgIpc) is 2.80. The van der Waals surface area contributed by atoms with Crippen molar-refractivity contribution in [3.05, 3.63) is 57.7 Å². The lowest BCUT2D eigenvalue weighted by molar-refractivity contribution is 0.102. The Morgan fingerprint density at radius 1 is 1.16 bits per heavy atom. The highest BCUT2D eigenvalue weighted by atomic mass is 32.2. The Balaban J connectivity index is 1.91. The van der Waals surface area contributed by atoms with Gasteiger partial charge in [-0.3, -0.25) is 14.3 Å².